The lowest BCUT2D eigenvalue weighted by molar-refractivity contribution is -0.384. The van der Waals surface area contributed by atoms with Gasteiger partial charge in [0, 0.05) is 30.1 Å². The van der Waals surface area contributed by atoms with E-state index in [1.54, 1.807) is 17.5 Å². The van der Waals surface area contributed by atoms with E-state index in [1.165, 1.54) is 30.4 Å². The summed E-state index contributed by atoms with van der Waals surface area (Å²) in [7, 11) is 0. The topological polar surface area (TPSA) is 85.1 Å². The molecular weight excluding hydrogens is 254 g/mol. The van der Waals surface area contributed by atoms with E-state index in [4.69, 9.17) is 0 Å². The summed E-state index contributed by atoms with van der Waals surface area (Å²) in [6.07, 6.45) is 0. The van der Waals surface area contributed by atoms with Gasteiger partial charge in [-0.05, 0) is 12.1 Å². The van der Waals surface area contributed by atoms with Gasteiger partial charge in [0.25, 0.3) is 5.69 Å². The number of thiazole rings is 1. The number of ketones is 1. The van der Waals surface area contributed by atoms with Crippen molar-refractivity contribution in [2.75, 3.05) is 5.32 Å². The van der Waals surface area contributed by atoms with Crippen LogP contribution in [0.15, 0.2) is 29.6 Å². The fraction of sp³-hybridized carbons (Fsp3) is 0.0909. The zero-order valence-electron chi connectivity index (χ0n) is 9.41. The Morgan fingerprint density at radius 1 is 1.39 bits per heavy atom. The van der Waals surface area contributed by atoms with Crippen LogP contribution < -0.4 is 5.32 Å². The highest BCUT2D eigenvalue weighted by Gasteiger charge is 2.07. The third kappa shape index (κ3) is 2.69. The molecule has 0 atom stereocenters. The van der Waals surface area contributed by atoms with Crippen molar-refractivity contribution in [2.45, 2.75) is 6.92 Å². The standard InChI is InChI=1S/C11H9N3O3S/c1-7(15)10-6-18-11(13-10)12-8-2-4-9(5-3-8)14(16)17/h2-6H,1H3,(H,12,13). The highest BCUT2D eigenvalue weighted by molar-refractivity contribution is 7.14. The van der Waals surface area contributed by atoms with Crippen LogP contribution in [-0.4, -0.2) is 15.7 Å². The Morgan fingerprint density at radius 3 is 2.56 bits per heavy atom. The van der Waals surface area contributed by atoms with Crippen LogP contribution >= 0.6 is 11.3 Å². The van der Waals surface area contributed by atoms with Gasteiger partial charge in [0.1, 0.15) is 5.69 Å². The van der Waals surface area contributed by atoms with Crippen molar-refractivity contribution < 1.29 is 9.72 Å². The number of carbonyl (C=O) groups excluding carboxylic acids is 1. The minimum absolute atomic E-state index is 0.0316. The third-order valence-corrected chi connectivity index (χ3v) is 2.95. The Labute approximate surface area is 106 Å². The molecule has 1 heterocycles. The summed E-state index contributed by atoms with van der Waals surface area (Å²) >= 11 is 1.31. The van der Waals surface area contributed by atoms with Crippen LogP contribution in [0.2, 0.25) is 0 Å². The van der Waals surface area contributed by atoms with E-state index >= 15 is 0 Å². The number of benzene rings is 1. The van der Waals surface area contributed by atoms with Crippen LogP contribution in [0.25, 0.3) is 0 Å². The molecule has 0 bridgehead atoms. The van der Waals surface area contributed by atoms with E-state index in [0.29, 0.717) is 16.5 Å². The Hall–Kier alpha value is -2.28. The van der Waals surface area contributed by atoms with Crippen molar-refractivity contribution in [2.24, 2.45) is 0 Å². The van der Waals surface area contributed by atoms with Gasteiger partial charge in [0.2, 0.25) is 0 Å². The highest BCUT2D eigenvalue weighted by Crippen LogP contribution is 2.22. The zero-order chi connectivity index (χ0) is 13.1. The van der Waals surface area contributed by atoms with Crippen LogP contribution in [0.3, 0.4) is 0 Å². The van der Waals surface area contributed by atoms with Gasteiger partial charge < -0.3 is 5.32 Å². The van der Waals surface area contributed by atoms with Gasteiger partial charge >= 0.3 is 0 Å². The van der Waals surface area contributed by atoms with Crippen molar-refractivity contribution in [3.05, 3.63) is 45.5 Å². The zero-order valence-corrected chi connectivity index (χ0v) is 10.2. The number of nitro groups is 1. The molecule has 1 N–H and O–H groups in total. The first-order valence-electron chi connectivity index (χ1n) is 5.04. The summed E-state index contributed by atoms with van der Waals surface area (Å²) in [4.78, 5) is 25.2. The second kappa shape index (κ2) is 4.92. The smallest absolute Gasteiger partial charge is 0.269 e. The number of nitrogens with one attached hydrogen (secondary N) is 1. The van der Waals surface area contributed by atoms with E-state index in [-0.39, 0.29) is 11.5 Å². The fourth-order valence-electron chi connectivity index (χ4n) is 1.28. The van der Waals surface area contributed by atoms with Gasteiger partial charge in [-0.1, -0.05) is 0 Å². The van der Waals surface area contributed by atoms with E-state index in [0.717, 1.165) is 0 Å². The summed E-state index contributed by atoms with van der Waals surface area (Å²) in [5.74, 6) is -0.0944. The maximum atomic E-state index is 11.1. The number of nitro benzene ring substituents is 1. The molecule has 0 aliphatic rings. The molecule has 0 amide bonds. The van der Waals surface area contributed by atoms with Crippen molar-refractivity contribution in [1.82, 2.24) is 4.98 Å². The summed E-state index contributed by atoms with van der Waals surface area (Å²) in [6, 6.07) is 5.99. The monoisotopic (exact) mass is 263 g/mol. The lowest BCUT2D eigenvalue weighted by atomic mass is 10.3. The van der Waals surface area contributed by atoms with Gasteiger partial charge in [0.15, 0.2) is 10.9 Å². The predicted octanol–water partition coefficient (Wildman–Crippen LogP) is 3.00. The fourth-order valence-corrected chi connectivity index (χ4v) is 2.05. The Kier molecular flexibility index (Phi) is 3.33. The Balaban J connectivity index is 2.13. The number of hydrogen-bond acceptors (Lipinski definition) is 6. The number of Topliss-reactive ketones (excluding diaryl/α,β-unsaturated/α-hetero) is 1. The summed E-state index contributed by atoms with van der Waals surface area (Å²) in [6.45, 7) is 1.45. The molecule has 0 saturated heterocycles. The maximum absolute atomic E-state index is 11.1. The molecule has 0 spiro atoms. The molecule has 18 heavy (non-hydrogen) atoms. The first-order valence-corrected chi connectivity index (χ1v) is 5.92. The van der Waals surface area contributed by atoms with Crippen molar-refractivity contribution in [3.63, 3.8) is 0 Å². The number of rotatable bonds is 4. The quantitative estimate of drug-likeness (QED) is 0.520. The lowest BCUT2D eigenvalue weighted by Gasteiger charge is -2.01. The Morgan fingerprint density at radius 2 is 2.06 bits per heavy atom. The van der Waals surface area contributed by atoms with Crippen LogP contribution in [0.5, 0.6) is 0 Å². The first kappa shape index (κ1) is 12.2. The van der Waals surface area contributed by atoms with Crippen LogP contribution in [0, 0.1) is 10.1 Å². The second-order valence-electron chi connectivity index (χ2n) is 3.52. The maximum Gasteiger partial charge on any atom is 0.269 e. The predicted molar refractivity (Wildman–Crippen MR) is 68.5 cm³/mol. The van der Waals surface area contributed by atoms with Crippen LogP contribution in [0.1, 0.15) is 17.4 Å². The third-order valence-electron chi connectivity index (χ3n) is 2.19. The molecule has 0 fully saturated rings. The normalized spacial score (nSPS) is 10.1. The second-order valence-corrected chi connectivity index (χ2v) is 4.38. The van der Waals surface area contributed by atoms with Gasteiger partial charge in [-0.3, -0.25) is 14.9 Å². The molecule has 6 nitrogen and oxygen atoms in total. The molecule has 92 valence electrons. The summed E-state index contributed by atoms with van der Waals surface area (Å²) < 4.78 is 0. The number of carbonyl (C=O) groups is 1. The summed E-state index contributed by atoms with van der Waals surface area (Å²) in [5, 5.41) is 15.7. The molecule has 2 aromatic rings. The number of non-ortho nitro benzene ring substituents is 1. The molecule has 7 heteroatoms. The van der Waals surface area contributed by atoms with E-state index in [1.807, 2.05) is 0 Å². The molecule has 0 radical (unpaired) electrons. The average molecular weight is 263 g/mol. The summed E-state index contributed by atoms with van der Waals surface area (Å²) in [5.41, 5.74) is 1.12. The number of anilines is 2. The van der Waals surface area contributed by atoms with Gasteiger partial charge in [-0.25, -0.2) is 4.98 Å². The van der Waals surface area contributed by atoms with Crippen molar-refractivity contribution >= 4 is 33.6 Å². The molecule has 1 aromatic carbocycles. The number of nitrogens with zero attached hydrogens (tertiary/aromatic N) is 2. The van der Waals surface area contributed by atoms with E-state index in [9.17, 15) is 14.9 Å². The van der Waals surface area contributed by atoms with Gasteiger partial charge in [-0.15, -0.1) is 11.3 Å². The van der Waals surface area contributed by atoms with Crippen LogP contribution in [0.4, 0.5) is 16.5 Å². The lowest BCUT2D eigenvalue weighted by Crippen LogP contribution is -1.94. The Bertz CT molecular complexity index is 592. The largest absolute Gasteiger partial charge is 0.332 e. The molecule has 2 rings (SSSR count). The number of hydrogen-bond donors (Lipinski definition) is 1. The molecule has 0 aliphatic carbocycles. The van der Waals surface area contributed by atoms with Gasteiger partial charge in [0.05, 0.1) is 4.92 Å². The minimum atomic E-state index is -0.457. The highest BCUT2D eigenvalue weighted by atomic mass is 32.1. The number of aromatic nitrogens is 1. The minimum Gasteiger partial charge on any atom is -0.332 e. The van der Waals surface area contributed by atoms with E-state index < -0.39 is 4.92 Å². The molecule has 0 saturated carbocycles. The average Bonchev–Trinajstić information content (AvgIpc) is 2.78. The molecule has 0 unspecified atom stereocenters. The SMILES string of the molecule is CC(=O)c1csc(Nc2ccc([N+](=O)[O-])cc2)n1. The van der Waals surface area contributed by atoms with Crippen molar-refractivity contribution in [3.8, 4) is 0 Å². The molecular formula is C11H9N3O3S. The van der Waals surface area contributed by atoms with Gasteiger partial charge in [-0.2, -0.15) is 0 Å². The van der Waals surface area contributed by atoms with E-state index in [2.05, 4.69) is 10.3 Å². The molecule has 0 aliphatic heterocycles. The first-order chi connectivity index (χ1) is 8.56. The van der Waals surface area contributed by atoms with Crippen LogP contribution in [-0.2, 0) is 0 Å². The van der Waals surface area contributed by atoms with Crippen molar-refractivity contribution in [1.29, 1.82) is 0 Å². The molecule has 1 aromatic heterocycles.